The molecule has 1 heterocycles. The summed E-state index contributed by atoms with van der Waals surface area (Å²) in [4.78, 5) is 0. The lowest BCUT2D eigenvalue weighted by Gasteiger charge is -2.35. The Morgan fingerprint density at radius 1 is 1.00 bits per heavy atom. The van der Waals surface area contributed by atoms with Gasteiger partial charge in [0.1, 0.15) is 23.0 Å². The smallest absolute Gasteiger partial charge is 0.135 e. The van der Waals surface area contributed by atoms with Crippen molar-refractivity contribution in [2.45, 2.75) is 25.8 Å². The fraction of sp³-hybridized carbons (Fsp3) is 0.333. The summed E-state index contributed by atoms with van der Waals surface area (Å²) in [5, 5.41) is 0. The molecule has 0 aromatic heterocycles. The monoisotopic (exact) mass is 299 g/mol. The lowest BCUT2D eigenvalue weighted by Crippen LogP contribution is -2.25. The van der Waals surface area contributed by atoms with Crippen molar-refractivity contribution in [3.05, 3.63) is 47.0 Å². The third-order valence-electron chi connectivity index (χ3n) is 4.36. The molecule has 0 saturated carbocycles. The maximum Gasteiger partial charge on any atom is 0.135 e. The molecule has 22 heavy (non-hydrogen) atoms. The van der Waals surface area contributed by atoms with Crippen molar-refractivity contribution in [2.24, 2.45) is 5.73 Å². The predicted octanol–water partition coefficient (Wildman–Crippen LogP) is 3.59. The van der Waals surface area contributed by atoms with E-state index in [-0.39, 0.29) is 5.41 Å². The van der Waals surface area contributed by atoms with E-state index < -0.39 is 0 Å². The zero-order valence-corrected chi connectivity index (χ0v) is 13.4. The molecule has 2 N–H and O–H groups in total. The Balaban J connectivity index is 2.19. The number of nitrogens with two attached hydrogens (primary N) is 1. The first-order valence-electron chi connectivity index (χ1n) is 7.29. The van der Waals surface area contributed by atoms with Crippen LogP contribution in [0.2, 0.25) is 0 Å². The van der Waals surface area contributed by atoms with Gasteiger partial charge in [-0.25, -0.2) is 0 Å². The molecular weight excluding hydrogens is 278 g/mol. The molecule has 4 nitrogen and oxygen atoms in total. The van der Waals surface area contributed by atoms with Crippen LogP contribution in [0.15, 0.2) is 30.3 Å². The molecule has 0 fully saturated rings. The van der Waals surface area contributed by atoms with Gasteiger partial charge in [0, 0.05) is 40.8 Å². The van der Waals surface area contributed by atoms with Crippen molar-refractivity contribution in [2.75, 3.05) is 14.2 Å². The standard InChI is InChI=1S/C18H21NO3/c1-18(2)13-6-5-12(20-3)8-16(13)22-17-9-15(21-4)11(10-19)7-14(17)18/h5-9H,10,19H2,1-4H3. The molecule has 0 aliphatic carbocycles. The molecule has 1 aliphatic heterocycles. The SMILES string of the molecule is COc1ccc2c(c1)Oc1cc(OC)c(CN)cc1C2(C)C. The van der Waals surface area contributed by atoms with E-state index in [1.807, 2.05) is 18.2 Å². The topological polar surface area (TPSA) is 53.7 Å². The van der Waals surface area contributed by atoms with Gasteiger partial charge in [0.15, 0.2) is 0 Å². The third kappa shape index (κ3) is 2.11. The second kappa shape index (κ2) is 5.21. The van der Waals surface area contributed by atoms with Gasteiger partial charge in [-0.15, -0.1) is 0 Å². The van der Waals surface area contributed by atoms with Gasteiger partial charge < -0.3 is 19.9 Å². The second-order valence-corrected chi connectivity index (χ2v) is 5.95. The molecule has 2 aromatic carbocycles. The van der Waals surface area contributed by atoms with Crippen LogP contribution in [-0.2, 0) is 12.0 Å². The molecular formula is C18H21NO3. The molecule has 3 rings (SSSR count). The first-order chi connectivity index (χ1) is 10.5. The van der Waals surface area contributed by atoms with Crippen molar-refractivity contribution in [1.82, 2.24) is 0 Å². The maximum absolute atomic E-state index is 6.10. The number of hydrogen-bond donors (Lipinski definition) is 1. The van der Waals surface area contributed by atoms with Crippen LogP contribution in [0.1, 0.15) is 30.5 Å². The molecule has 0 spiro atoms. The lowest BCUT2D eigenvalue weighted by molar-refractivity contribution is 0.383. The van der Waals surface area contributed by atoms with Crippen molar-refractivity contribution in [3.63, 3.8) is 0 Å². The van der Waals surface area contributed by atoms with E-state index in [9.17, 15) is 0 Å². The fourth-order valence-electron chi connectivity index (χ4n) is 3.02. The Bertz CT molecular complexity index is 723. The Hall–Kier alpha value is -2.20. The summed E-state index contributed by atoms with van der Waals surface area (Å²) in [5.74, 6) is 3.16. The van der Waals surface area contributed by atoms with Crippen LogP contribution in [-0.4, -0.2) is 14.2 Å². The van der Waals surface area contributed by atoms with E-state index in [0.717, 1.165) is 39.7 Å². The van der Waals surface area contributed by atoms with Gasteiger partial charge >= 0.3 is 0 Å². The van der Waals surface area contributed by atoms with E-state index in [4.69, 9.17) is 19.9 Å². The average molecular weight is 299 g/mol. The first kappa shape index (κ1) is 14.7. The largest absolute Gasteiger partial charge is 0.497 e. The molecule has 2 aromatic rings. The van der Waals surface area contributed by atoms with Gasteiger partial charge in [-0.1, -0.05) is 19.9 Å². The molecule has 0 unspecified atom stereocenters. The highest BCUT2D eigenvalue weighted by molar-refractivity contribution is 5.61. The van der Waals surface area contributed by atoms with Gasteiger partial charge in [-0.3, -0.25) is 0 Å². The number of methoxy groups -OCH3 is 2. The Labute approximate surface area is 130 Å². The minimum Gasteiger partial charge on any atom is -0.497 e. The average Bonchev–Trinajstić information content (AvgIpc) is 2.53. The van der Waals surface area contributed by atoms with E-state index >= 15 is 0 Å². The third-order valence-corrected chi connectivity index (χ3v) is 4.36. The predicted molar refractivity (Wildman–Crippen MR) is 86.1 cm³/mol. The molecule has 0 saturated heterocycles. The van der Waals surface area contributed by atoms with E-state index in [1.165, 1.54) is 0 Å². The van der Waals surface area contributed by atoms with E-state index in [2.05, 4.69) is 26.0 Å². The lowest BCUT2D eigenvalue weighted by atomic mass is 9.75. The van der Waals surface area contributed by atoms with Crippen LogP contribution in [0, 0.1) is 0 Å². The number of ether oxygens (including phenoxy) is 3. The first-order valence-corrected chi connectivity index (χ1v) is 7.29. The minimum atomic E-state index is -0.175. The van der Waals surface area contributed by atoms with Crippen LogP contribution in [0.5, 0.6) is 23.0 Å². The molecule has 0 bridgehead atoms. The highest BCUT2D eigenvalue weighted by Gasteiger charge is 2.35. The van der Waals surface area contributed by atoms with Crippen LogP contribution in [0.3, 0.4) is 0 Å². The Morgan fingerprint density at radius 3 is 2.36 bits per heavy atom. The van der Waals surface area contributed by atoms with Crippen molar-refractivity contribution >= 4 is 0 Å². The maximum atomic E-state index is 6.10. The summed E-state index contributed by atoms with van der Waals surface area (Å²) in [5.41, 5.74) is 8.90. The highest BCUT2D eigenvalue weighted by atomic mass is 16.5. The van der Waals surface area contributed by atoms with Gasteiger partial charge in [-0.05, 0) is 12.1 Å². The number of hydrogen-bond acceptors (Lipinski definition) is 4. The number of rotatable bonds is 3. The van der Waals surface area contributed by atoms with Crippen LogP contribution < -0.4 is 19.9 Å². The minimum absolute atomic E-state index is 0.175. The van der Waals surface area contributed by atoms with Gasteiger partial charge in [-0.2, -0.15) is 0 Å². The van der Waals surface area contributed by atoms with Crippen LogP contribution in [0.4, 0.5) is 0 Å². The van der Waals surface area contributed by atoms with Gasteiger partial charge in [0.2, 0.25) is 0 Å². The van der Waals surface area contributed by atoms with Crippen molar-refractivity contribution < 1.29 is 14.2 Å². The number of benzene rings is 2. The van der Waals surface area contributed by atoms with Gasteiger partial charge in [0.25, 0.3) is 0 Å². The Kier molecular flexibility index (Phi) is 3.49. The quantitative estimate of drug-likeness (QED) is 0.941. The molecule has 4 heteroatoms. The van der Waals surface area contributed by atoms with E-state index in [0.29, 0.717) is 6.54 Å². The Morgan fingerprint density at radius 2 is 1.73 bits per heavy atom. The summed E-state index contributed by atoms with van der Waals surface area (Å²) >= 11 is 0. The number of fused-ring (bicyclic) bond motifs is 2. The molecule has 116 valence electrons. The van der Waals surface area contributed by atoms with E-state index in [1.54, 1.807) is 14.2 Å². The normalized spacial score (nSPS) is 14.6. The molecule has 0 atom stereocenters. The zero-order valence-electron chi connectivity index (χ0n) is 13.4. The summed E-state index contributed by atoms with van der Waals surface area (Å²) in [6.07, 6.45) is 0. The summed E-state index contributed by atoms with van der Waals surface area (Å²) in [7, 11) is 3.30. The zero-order chi connectivity index (χ0) is 15.9. The highest BCUT2D eigenvalue weighted by Crippen LogP contribution is 2.50. The van der Waals surface area contributed by atoms with Crippen LogP contribution >= 0.6 is 0 Å². The van der Waals surface area contributed by atoms with Crippen LogP contribution in [0.25, 0.3) is 0 Å². The van der Waals surface area contributed by atoms with Gasteiger partial charge in [0.05, 0.1) is 14.2 Å². The fourth-order valence-corrected chi connectivity index (χ4v) is 3.02. The second-order valence-electron chi connectivity index (χ2n) is 5.95. The van der Waals surface area contributed by atoms with Crippen molar-refractivity contribution in [1.29, 1.82) is 0 Å². The summed E-state index contributed by atoms with van der Waals surface area (Å²) in [6.45, 7) is 4.81. The molecule has 1 aliphatic rings. The van der Waals surface area contributed by atoms with Crippen molar-refractivity contribution in [3.8, 4) is 23.0 Å². The molecule has 0 amide bonds. The summed E-state index contributed by atoms with van der Waals surface area (Å²) < 4.78 is 16.8. The summed E-state index contributed by atoms with van der Waals surface area (Å²) in [6, 6.07) is 9.94. The molecule has 0 radical (unpaired) electrons.